The lowest BCUT2D eigenvalue weighted by atomic mass is 9.41. The number of hydrogen-bond acceptors (Lipinski definition) is 10. The van der Waals surface area contributed by atoms with Crippen molar-refractivity contribution in [2.45, 2.75) is 168 Å². The molecule has 4 aliphatic heterocycles. The van der Waals surface area contributed by atoms with Crippen LogP contribution in [-0.4, -0.2) is 126 Å². The number of carbonyl (C=O) groups excluding carboxylic acids is 1. The molecule has 9 aliphatic rings. The summed E-state index contributed by atoms with van der Waals surface area (Å²) < 4.78 is 31.5. The first-order chi connectivity index (χ1) is 24.8. The molecule has 9 rings (SSSR count). The molecule has 0 aromatic carbocycles. The van der Waals surface area contributed by atoms with Gasteiger partial charge in [-0.25, -0.2) is 0 Å². The van der Waals surface area contributed by atoms with Crippen molar-refractivity contribution in [2.24, 2.45) is 50.7 Å². The first kappa shape index (κ1) is 37.7. The van der Waals surface area contributed by atoms with Gasteiger partial charge in [-0.1, -0.05) is 34.6 Å². The highest BCUT2D eigenvalue weighted by molar-refractivity contribution is 5.66. The summed E-state index contributed by atoms with van der Waals surface area (Å²) in [5, 5.41) is 23.7. The normalized spacial score (nSPS) is 51.0. The molecule has 2 spiro atoms. The lowest BCUT2D eigenvalue weighted by Crippen LogP contribution is -2.74. The summed E-state index contributed by atoms with van der Waals surface area (Å²) >= 11 is 0. The van der Waals surface area contributed by atoms with Crippen LogP contribution in [0.15, 0.2) is 0 Å². The Morgan fingerprint density at radius 1 is 0.981 bits per heavy atom. The highest BCUT2D eigenvalue weighted by atomic mass is 16.7. The summed E-state index contributed by atoms with van der Waals surface area (Å²) in [6, 6.07) is 0.601. The second-order valence-corrected chi connectivity index (χ2v) is 21.7. The standard InChI is InChI=1S/C43H70N2O8/c1-25-18-28(36(38(5,6)48)51-26(2)46)52-34-33(25)40(8)14-15-43-22-42(43)13-12-31(37(3,4)29(42)10-11-30(43)41(40,9)35(34)47)53-32-19-45(16-17-50-32)39(7)23-44(24-39)27-20-49-21-27/h25,27-36,47-48H,10-24H2,1-9H3/t25-,28-,29+,30+,31+,32+,33+,34+,35+,36+,40-,41-,42-,43+/m1/s1. The zero-order valence-electron chi connectivity index (χ0n) is 34.2. The first-order valence-corrected chi connectivity index (χ1v) is 21.4. The topological polar surface area (TPSA) is 110 Å². The minimum absolute atomic E-state index is 0.0390. The molecule has 0 radical (unpaired) electrons. The van der Waals surface area contributed by atoms with Gasteiger partial charge >= 0.3 is 5.97 Å². The lowest BCUT2D eigenvalue weighted by Gasteiger charge is -2.64. The van der Waals surface area contributed by atoms with E-state index < -0.39 is 29.9 Å². The quantitative estimate of drug-likeness (QED) is 0.346. The molecule has 10 heteroatoms. The Kier molecular flexibility index (Phi) is 8.60. The van der Waals surface area contributed by atoms with Crippen molar-refractivity contribution in [3.05, 3.63) is 0 Å². The number of ether oxygens (including phenoxy) is 5. The number of fused-ring (bicyclic) bond motifs is 4. The summed E-state index contributed by atoms with van der Waals surface area (Å²) in [6.07, 6.45) is 6.72. The average Bonchev–Trinajstić information content (AvgIpc) is 3.67. The number of carbonyl (C=O) groups is 1. The van der Waals surface area contributed by atoms with Gasteiger partial charge in [0.1, 0.15) is 0 Å². The van der Waals surface area contributed by atoms with Gasteiger partial charge in [0.25, 0.3) is 0 Å². The molecule has 0 bridgehead atoms. The maximum absolute atomic E-state index is 12.7. The summed E-state index contributed by atoms with van der Waals surface area (Å²) in [7, 11) is 0. The Hall–Kier alpha value is -0.850. The largest absolute Gasteiger partial charge is 0.457 e. The van der Waals surface area contributed by atoms with Crippen molar-refractivity contribution < 1.29 is 38.7 Å². The average molecular weight is 743 g/mol. The van der Waals surface area contributed by atoms with Crippen LogP contribution in [0.4, 0.5) is 0 Å². The molecule has 0 aromatic heterocycles. The molecule has 14 atom stereocenters. The van der Waals surface area contributed by atoms with E-state index in [2.05, 4.69) is 51.3 Å². The van der Waals surface area contributed by atoms with E-state index >= 15 is 0 Å². The fourth-order valence-electron chi connectivity index (χ4n) is 15.7. The van der Waals surface area contributed by atoms with E-state index in [1.807, 2.05) is 0 Å². The van der Waals surface area contributed by atoms with Gasteiger partial charge in [-0.2, -0.15) is 0 Å². The molecule has 9 fully saturated rings. The van der Waals surface area contributed by atoms with E-state index in [4.69, 9.17) is 23.7 Å². The van der Waals surface area contributed by atoms with Crippen LogP contribution in [0.2, 0.25) is 0 Å². The molecule has 2 N–H and O–H groups in total. The van der Waals surface area contributed by atoms with Crippen molar-refractivity contribution in [3.8, 4) is 0 Å². The van der Waals surface area contributed by atoms with E-state index in [1.165, 1.54) is 32.6 Å². The molecule has 4 saturated heterocycles. The predicted octanol–water partition coefficient (Wildman–Crippen LogP) is 5.02. The van der Waals surface area contributed by atoms with Crippen LogP contribution < -0.4 is 0 Å². The molecule has 300 valence electrons. The molecule has 0 amide bonds. The zero-order chi connectivity index (χ0) is 37.7. The third-order valence-corrected chi connectivity index (χ3v) is 18.4. The molecule has 5 saturated carbocycles. The second kappa shape index (κ2) is 12.1. The molecular formula is C43H70N2O8. The smallest absolute Gasteiger partial charge is 0.303 e. The fourth-order valence-corrected chi connectivity index (χ4v) is 15.7. The highest BCUT2D eigenvalue weighted by Crippen LogP contribution is 2.89. The number of likely N-dealkylation sites (tertiary alicyclic amines) is 1. The molecular weight excluding hydrogens is 672 g/mol. The molecule has 0 aromatic rings. The van der Waals surface area contributed by atoms with Gasteiger partial charge in [0.2, 0.25) is 0 Å². The van der Waals surface area contributed by atoms with Gasteiger partial charge in [-0.05, 0) is 117 Å². The fraction of sp³-hybridized carbons (Fsp3) is 0.977. The van der Waals surface area contributed by atoms with E-state index in [0.29, 0.717) is 29.7 Å². The summed E-state index contributed by atoms with van der Waals surface area (Å²) in [4.78, 5) is 17.4. The van der Waals surface area contributed by atoms with Gasteiger partial charge in [-0.3, -0.25) is 14.6 Å². The predicted molar refractivity (Wildman–Crippen MR) is 199 cm³/mol. The number of rotatable bonds is 7. The first-order valence-electron chi connectivity index (χ1n) is 21.4. The molecule has 5 aliphatic carbocycles. The number of aliphatic hydroxyl groups excluding tert-OH is 1. The van der Waals surface area contributed by atoms with Crippen LogP contribution in [0.5, 0.6) is 0 Å². The van der Waals surface area contributed by atoms with Gasteiger partial charge in [0.05, 0.1) is 62.4 Å². The monoisotopic (exact) mass is 743 g/mol. The van der Waals surface area contributed by atoms with E-state index in [9.17, 15) is 15.0 Å². The Morgan fingerprint density at radius 2 is 1.68 bits per heavy atom. The maximum Gasteiger partial charge on any atom is 0.303 e. The number of aliphatic hydroxyl groups is 2. The number of morpholine rings is 1. The van der Waals surface area contributed by atoms with Crippen LogP contribution in [0, 0.1) is 50.7 Å². The van der Waals surface area contributed by atoms with Crippen molar-refractivity contribution in [3.63, 3.8) is 0 Å². The third kappa shape index (κ3) is 5.13. The molecule has 4 heterocycles. The number of nitrogens with zero attached hydrogens (tertiary/aromatic N) is 2. The van der Waals surface area contributed by atoms with Gasteiger partial charge in [0, 0.05) is 37.5 Å². The maximum atomic E-state index is 12.7. The van der Waals surface area contributed by atoms with Crippen LogP contribution in [0.3, 0.4) is 0 Å². The Bertz CT molecular complexity index is 1460. The van der Waals surface area contributed by atoms with Gasteiger partial charge in [0.15, 0.2) is 12.4 Å². The SMILES string of the molecule is CC(=O)O[C@@H]([C@H]1C[C@@H](C)[C@H]2[C@H](O1)[C@H](O)[C@@]1(C)[C@@H]3CC[C@H]4C(C)(C)[C@@H](O[C@H]5CN(C6(C)CN(C7COC7)C6)CCO5)CC[C@@]45C[C@@]35CC[C@]21C)C(C)(C)O. The zero-order valence-corrected chi connectivity index (χ0v) is 34.2. The molecule has 0 unspecified atom stereocenters. The Balaban J connectivity index is 0.910. The minimum Gasteiger partial charge on any atom is -0.457 e. The van der Waals surface area contributed by atoms with Gasteiger partial charge < -0.3 is 33.9 Å². The van der Waals surface area contributed by atoms with Crippen LogP contribution in [-0.2, 0) is 28.5 Å². The molecule has 10 nitrogen and oxygen atoms in total. The van der Waals surface area contributed by atoms with Crippen molar-refractivity contribution in [1.82, 2.24) is 9.80 Å². The summed E-state index contributed by atoms with van der Waals surface area (Å²) in [6.45, 7) is 25.9. The van der Waals surface area contributed by atoms with E-state index in [0.717, 1.165) is 65.3 Å². The number of esters is 1. The minimum atomic E-state index is -1.25. The Labute approximate surface area is 318 Å². The number of hydrogen-bond donors (Lipinski definition) is 2. The van der Waals surface area contributed by atoms with Crippen molar-refractivity contribution in [2.75, 3.05) is 46.0 Å². The summed E-state index contributed by atoms with van der Waals surface area (Å²) in [5.41, 5.74) is -0.804. The van der Waals surface area contributed by atoms with E-state index in [1.54, 1.807) is 13.8 Å². The van der Waals surface area contributed by atoms with Crippen LogP contribution in [0.1, 0.15) is 114 Å². The lowest BCUT2D eigenvalue weighted by molar-refractivity contribution is -0.261. The summed E-state index contributed by atoms with van der Waals surface area (Å²) in [5.74, 6) is 1.11. The highest BCUT2D eigenvalue weighted by Gasteiger charge is 2.84. The van der Waals surface area contributed by atoms with Crippen LogP contribution >= 0.6 is 0 Å². The Morgan fingerprint density at radius 3 is 2.34 bits per heavy atom. The van der Waals surface area contributed by atoms with Crippen LogP contribution in [0.25, 0.3) is 0 Å². The van der Waals surface area contributed by atoms with Crippen molar-refractivity contribution >= 4 is 5.97 Å². The second-order valence-electron chi connectivity index (χ2n) is 21.7. The van der Waals surface area contributed by atoms with Crippen molar-refractivity contribution in [1.29, 1.82) is 0 Å². The molecule has 53 heavy (non-hydrogen) atoms. The van der Waals surface area contributed by atoms with E-state index in [-0.39, 0.29) is 57.5 Å². The van der Waals surface area contributed by atoms with Gasteiger partial charge in [-0.15, -0.1) is 0 Å². The third-order valence-electron chi connectivity index (χ3n) is 18.4.